The van der Waals surface area contributed by atoms with Gasteiger partial charge in [0.25, 0.3) is 0 Å². The van der Waals surface area contributed by atoms with Crippen molar-refractivity contribution in [3.05, 3.63) is 0 Å². The molecule has 0 spiro atoms. The maximum atomic E-state index is 9.74. The van der Waals surface area contributed by atoms with Gasteiger partial charge in [0.05, 0.1) is 18.8 Å². The minimum absolute atomic E-state index is 0.135. The van der Waals surface area contributed by atoms with Crippen molar-refractivity contribution >= 4 is 0 Å². The van der Waals surface area contributed by atoms with E-state index in [4.69, 9.17) is 4.74 Å². The van der Waals surface area contributed by atoms with E-state index >= 15 is 0 Å². The third kappa shape index (κ3) is 3.25. The normalized spacial score (nSPS) is 28.4. The molecule has 13 heavy (non-hydrogen) atoms. The fraction of sp³-hybridized carbons (Fsp3) is 1.00. The van der Waals surface area contributed by atoms with Crippen LogP contribution in [0.1, 0.15) is 32.6 Å². The van der Waals surface area contributed by atoms with Crippen LogP contribution in [0.2, 0.25) is 0 Å². The van der Waals surface area contributed by atoms with Crippen LogP contribution < -0.4 is 0 Å². The molecule has 2 N–H and O–H groups in total. The molecule has 0 bridgehead atoms. The molecule has 0 radical (unpaired) electrons. The largest absolute Gasteiger partial charge is 0.390 e. The lowest BCUT2D eigenvalue weighted by atomic mass is 9.91. The van der Waals surface area contributed by atoms with Gasteiger partial charge in [-0.2, -0.15) is 0 Å². The summed E-state index contributed by atoms with van der Waals surface area (Å²) >= 11 is 0. The molecule has 3 unspecified atom stereocenters. The molecule has 3 atom stereocenters. The van der Waals surface area contributed by atoms with E-state index in [1.54, 1.807) is 0 Å². The van der Waals surface area contributed by atoms with Gasteiger partial charge < -0.3 is 14.9 Å². The first-order valence-electron chi connectivity index (χ1n) is 5.19. The molecule has 0 aliphatic carbocycles. The fourth-order valence-electron chi connectivity index (χ4n) is 1.82. The number of rotatable bonds is 4. The number of hydrogen-bond acceptors (Lipinski definition) is 3. The summed E-state index contributed by atoms with van der Waals surface area (Å²) in [5, 5.41) is 19.3. The molecular weight excluding hydrogens is 168 g/mol. The van der Waals surface area contributed by atoms with Crippen molar-refractivity contribution in [1.82, 2.24) is 0 Å². The minimum atomic E-state index is -0.597. The topological polar surface area (TPSA) is 49.7 Å². The predicted molar refractivity (Wildman–Crippen MR) is 50.5 cm³/mol. The molecule has 0 aromatic rings. The molecule has 1 fully saturated rings. The van der Waals surface area contributed by atoms with E-state index in [1.165, 1.54) is 0 Å². The van der Waals surface area contributed by atoms with Crippen molar-refractivity contribution in [1.29, 1.82) is 0 Å². The van der Waals surface area contributed by atoms with Gasteiger partial charge in [0.15, 0.2) is 0 Å². The fourth-order valence-corrected chi connectivity index (χ4v) is 1.82. The summed E-state index contributed by atoms with van der Waals surface area (Å²) in [6, 6.07) is 0. The summed E-state index contributed by atoms with van der Waals surface area (Å²) in [5.41, 5.74) is 0. The smallest absolute Gasteiger partial charge is 0.0849 e. The van der Waals surface area contributed by atoms with E-state index < -0.39 is 12.2 Å². The van der Waals surface area contributed by atoms with E-state index in [0.717, 1.165) is 25.9 Å². The number of hydrogen-bond donors (Lipinski definition) is 2. The van der Waals surface area contributed by atoms with Crippen LogP contribution in [0, 0.1) is 5.92 Å². The van der Waals surface area contributed by atoms with Crippen LogP contribution in [0.5, 0.6) is 0 Å². The molecule has 0 aromatic carbocycles. The van der Waals surface area contributed by atoms with Crippen molar-refractivity contribution in [2.24, 2.45) is 5.92 Å². The minimum Gasteiger partial charge on any atom is -0.390 e. The predicted octanol–water partition coefficient (Wildman–Crippen LogP) is 0.935. The van der Waals surface area contributed by atoms with E-state index in [1.807, 2.05) is 6.92 Å². The van der Waals surface area contributed by atoms with Gasteiger partial charge in [0.1, 0.15) is 0 Å². The van der Waals surface area contributed by atoms with Crippen LogP contribution in [0.15, 0.2) is 0 Å². The second kappa shape index (κ2) is 5.58. The average molecular weight is 188 g/mol. The summed E-state index contributed by atoms with van der Waals surface area (Å²) < 4.78 is 5.26. The third-order valence-corrected chi connectivity index (χ3v) is 2.66. The number of aliphatic hydroxyl groups excluding tert-OH is 2. The molecule has 1 saturated heterocycles. The second-order valence-electron chi connectivity index (χ2n) is 3.82. The molecule has 1 aliphatic heterocycles. The summed E-state index contributed by atoms with van der Waals surface area (Å²) in [7, 11) is 0. The van der Waals surface area contributed by atoms with E-state index in [-0.39, 0.29) is 5.92 Å². The molecule has 0 amide bonds. The maximum Gasteiger partial charge on any atom is 0.0849 e. The Morgan fingerprint density at radius 1 is 1.46 bits per heavy atom. The van der Waals surface area contributed by atoms with Gasteiger partial charge >= 0.3 is 0 Å². The van der Waals surface area contributed by atoms with E-state index in [9.17, 15) is 10.2 Å². The standard InChI is InChI=1S/C10H20O3/c1-2-4-9(11)10(12)8-5-3-6-13-7-8/h8-12H,2-7H2,1H3. The molecule has 0 saturated carbocycles. The lowest BCUT2D eigenvalue weighted by Crippen LogP contribution is -2.37. The van der Waals surface area contributed by atoms with Crippen LogP contribution in [-0.2, 0) is 4.74 Å². The summed E-state index contributed by atoms with van der Waals surface area (Å²) in [6.45, 7) is 3.41. The zero-order valence-corrected chi connectivity index (χ0v) is 8.28. The molecular formula is C10H20O3. The zero-order valence-electron chi connectivity index (χ0n) is 8.28. The van der Waals surface area contributed by atoms with Crippen molar-refractivity contribution in [2.45, 2.75) is 44.8 Å². The van der Waals surface area contributed by atoms with Gasteiger partial charge in [0, 0.05) is 12.5 Å². The van der Waals surface area contributed by atoms with Gasteiger partial charge in [-0.05, 0) is 19.3 Å². The van der Waals surface area contributed by atoms with Gasteiger partial charge in [-0.25, -0.2) is 0 Å². The molecule has 3 heteroatoms. The monoisotopic (exact) mass is 188 g/mol. The summed E-state index contributed by atoms with van der Waals surface area (Å²) in [6.07, 6.45) is 2.39. The summed E-state index contributed by atoms with van der Waals surface area (Å²) in [4.78, 5) is 0. The highest BCUT2D eigenvalue weighted by Crippen LogP contribution is 2.21. The molecule has 0 aromatic heterocycles. The van der Waals surface area contributed by atoms with Crippen molar-refractivity contribution in [3.63, 3.8) is 0 Å². The van der Waals surface area contributed by atoms with E-state index in [0.29, 0.717) is 13.0 Å². The maximum absolute atomic E-state index is 9.74. The SMILES string of the molecule is CCCC(O)C(O)C1CCCOC1. The Balaban J connectivity index is 2.31. The van der Waals surface area contributed by atoms with Crippen LogP contribution in [-0.4, -0.2) is 35.6 Å². The molecule has 1 heterocycles. The Hall–Kier alpha value is -0.120. The highest BCUT2D eigenvalue weighted by atomic mass is 16.5. The first-order valence-corrected chi connectivity index (χ1v) is 5.19. The van der Waals surface area contributed by atoms with Crippen molar-refractivity contribution in [2.75, 3.05) is 13.2 Å². The lowest BCUT2D eigenvalue weighted by Gasteiger charge is -2.29. The lowest BCUT2D eigenvalue weighted by molar-refractivity contribution is -0.0669. The van der Waals surface area contributed by atoms with Crippen LogP contribution >= 0.6 is 0 Å². The highest BCUT2D eigenvalue weighted by molar-refractivity contribution is 4.77. The quantitative estimate of drug-likeness (QED) is 0.690. The number of ether oxygens (including phenoxy) is 1. The number of aliphatic hydroxyl groups is 2. The van der Waals surface area contributed by atoms with Crippen molar-refractivity contribution in [3.8, 4) is 0 Å². The molecule has 3 nitrogen and oxygen atoms in total. The van der Waals surface area contributed by atoms with E-state index in [2.05, 4.69) is 0 Å². The Bertz CT molecular complexity index is 132. The third-order valence-electron chi connectivity index (χ3n) is 2.66. The Morgan fingerprint density at radius 3 is 2.77 bits per heavy atom. The van der Waals surface area contributed by atoms with Gasteiger partial charge in [-0.15, -0.1) is 0 Å². The molecule has 1 aliphatic rings. The second-order valence-corrected chi connectivity index (χ2v) is 3.82. The first-order chi connectivity index (χ1) is 6.25. The molecule has 1 rings (SSSR count). The Morgan fingerprint density at radius 2 is 2.23 bits per heavy atom. The summed E-state index contributed by atoms with van der Waals surface area (Å²) in [5.74, 6) is 0.135. The van der Waals surface area contributed by atoms with Crippen LogP contribution in [0.3, 0.4) is 0 Å². The van der Waals surface area contributed by atoms with Gasteiger partial charge in [-0.1, -0.05) is 13.3 Å². The van der Waals surface area contributed by atoms with Crippen molar-refractivity contribution < 1.29 is 14.9 Å². The average Bonchev–Trinajstić information content (AvgIpc) is 2.18. The molecule has 78 valence electrons. The Kier molecular flexibility index (Phi) is 4.70. The Labute approximate surface area is 79.7 Å². The highest BCUT2D eigenvalue weighted by Gasteiger charge is 2.27. The van der Waals surface area contributed by atoms with Gasteiger partial charge in [-0.3, -0.25) is 0 Å². The van der Waals surface area contributed by atoms with Crippen LogP contribution in [0.4, 0.5) is 0 Å². The van der Waals surface area contributed by atoms with Crippen LogP contribution in [0.25, 0.3) is 0 Å². The first kappa shape index (κ1) is 11.0. The zero-order chi connectivity index (χ0) is 9.68. The van der Waals surface area contributed by atoms with Gasteiger partial charge in [0.2, 0.25) is 0 Å².